The van der Waals surface area contributed by atoms with Crippen molar-refractivity contribution in [3.05, 3.63) is 30.0 Å². The molecule has 90 valence electrons. The smallest absolute Gasteiger partial charge is 0.191 e. The fourth-order valence-electron chi connectivity index (χ4n) is 1.32. The van der Waals surface area contributed by atoms with Gasteiger partial charge in [0.1, 0.15) is 17.2 Å². The molecule has 1 heterocycles. The third kappa shape index (κ3) is 2.87. The predicted octanol–water partition coefficient (Wildman–Crippen LogP) is 1.28. The molecule has 0 aliphatic carbocycles. The highest BCUT2D eigenvalue weighted by Gasteiger charge is 2.05. The zero-order valence-electron chi connectivity index (χ0n) is 9.42. The molecule has 0 spiro atoms. The summed E-state index contributed by atoms with van der Waals surface area (Å²) in [6.07, 6.45) is 0.557. The second-order valence-corrected chi connectivity index (χ2v) is 3.37. The Kier molecular flexibility index (Phi) is 3.44. The van der Waals surface area contributed by atoms with Crippen LogP contribution < -0.4 is 15.2 Å². The van der Waals surface area contributed by atoms with Crippen LogP contribution in [0, 0.1) is 0 Å². The lowest BCUT2D eigenvalue weighted by atomic mass is 10.3. The zero-order valence-corrected chi connectivity index (χ0v) is 9.42. The molecular formula is C11H13N3O3. The van der Waals surface area contributed by atoms with Crippen LogP contribution in [0.2, 0.25) is 0 Å². The second kappa shape index (κ2) is 5.20. The number of nitrogens with zero attached hydrogens (tertiary/aromatic N) is 2. The van der Waals surface area contributed by atoms with Crippen LogP contribution in [0.1, 0.15) is 5.69 Å². The maximum absolute atomic E-state index is 5.52. The van der Waals surface area contributed by atoms with Gasteiger partial charge in [0.05, 0.1) is 13.7 Å². The Bertz CT molecular complexity index is 467. The first-order valence-electron chi connectivity index (χ1n) is 5.13. The molecule has 0 saturated heterocycles. The van der Waals surface area contributed by atoms with Crippen LogP contribution in [-0.4, -0.2) is 24.0 Å². The maximum Gasteiger partial charge on any atom is 0.191 e. The van der Waals surface area contributed by atoms with E-state index < -0.39 is 0 Å². The number of nitrogens with two attached hydrogens (primary N) is 1. The van der Waals surface area contributed by atoms with Crippen molar-refractivity contribution in [3.8, 4) is 11.5 Å². The summed E-state index contributed by atoms with van der Waals surface area (Å²) in [5, 5.41) is 7.15. The second-order valence-electron chi connectivity index (χ2n) is 3.37. The molecule has 0 bridgehead atoms. The zero-order chi connectivity index (χ0) is 12.1. The molecule has 1 aromatic heterocycles. The summed E-state index contributed by atoms with van der Waals surface area (Å²) in [7, 11) is 1.62. The molecule has 17 heavy (non-hydrogen) atoms. The Hall–Kier alpha value is -2.24. The first-order valence-corrected chi connectivity index (χ1v) is 5.13. The first kappa shape index (κ1) is 11.3. The van der Waals surface area contributed by atoms with E-state index in [1.165, 1.54) is 0 Å². The SMILES string of the molecule is COc1ccc(OCCc2nonc2N)cc1. The average molecular weight is 235 g/mol. The van der Waals surface area contributed by atoms with Crippen LogP contribution in [0.3, 0.4) is 0 Å². The van der Waals surface area contributed by atoms with Gasteiger partial charge >= 0.3 is 0 Å². The van der Waals surface area contributed by atoms with E-state index in [0.29, 0.717) is 24.5 Å². The molecule has 6 nitrogen and oxygen atoms in total. The van der Waals surface area contributed by atoms with Crippen LogP contribution in [0.5, 0.6) is 11.5 Å². The fourth-order valence-corrected chi connectivity index (χ4v) is 1.32. The van der Waals surface area contributed by atoms with Crippen molar-refractivity contribution in [2.24, 2.45) is 0 Å². The molecule has 6 heteroatoms. The topological polar surface area (TPSA) is 83.4 Å². The van der Waals surface area contributed by atoms with E-state index in [4.69, 9.17) is 15.2 Å². The van der Waals surface area contributed by atoms with Crippen LogP contribution in [0.25, 0.3) is 0 Å². The maximum atomic E-state index is 5.52. The summed E-state index contributed by atoms with van der Waals surface area (Å²) in [4.78, 5) is 0. The Labute approximate surface area is 98.3 Å². The molecule has 2 rings (SSSR count). The molecule has 1 aromatic carbocycles. The Morgan fingerprint density at radius 1 is 1.18 bits per heavy atom. The lowest BCUT2D eigenvalue weighted by Gasteiger charge is -2.05. The minimum atomic E-state index is 0.309. The van der Waals surface area contributed by atoms with Crippen molar-refractivity contribution in [2.45, 2.75) is 6.42 Å². The first-order chi connectivity index (χ1) is 8.29. The van der Waals surface area contributed by atoms with Gasteiger partial charge in [0.2, 0.25) is 0 Å². The van der Waals surface area contributed by atoms with Gasteiger partial charge in [-0.2, -0.15) is 0 Å². The quantitative estimate of drug-likeness (QED) is 0.840. The number of rotatable bonds is 5. The molecular weight excluding hydrogens is 222 g/mol. The minimum absolute atomic E-state index is 0.309. The van der Waals surface area contributed by atoms with E-state index in [9.17, 15) is 0 Å². The normalized spacial score (nSPS) is 10.2. The molecule has 0 amide bonds. The number of ether oxygens (including phenoxy) is 2. The van der Waals surface area contributed by atoms with Gasteiger partial charge in [-0.15, -0.1) is 0 Å². The minimum Gasteiger partial charge on any atom is -0.497 e. The predicted molar refractivity (Wildman–Crippen MR) is 60.9 cm³/mol. The van der Waals surface area contributed by atoms with Crippen LogP contribution >= 0.6 is 0 Å². The number of hydrogen-bond donors (Lipinski definition) is 1. The number of benzene rings is 1. The van der Waals surface area contributed by atoms with Crippen molar-refractivity contribution in [3.63, 3.8) is 0 Å². The van der Waals surface area contributed by atoms with Crippen LogP contribution in [0.4, 0.5) is 5.82 Å². The molecule has 0 aliphatic heterocycles. The average Bonchev–Trinajstić information content (AvgIpc) is 2.76. The Morgan fingerprint density at radius 3 is 2.47 bits per heavy atom. The van der Waals surface area contributed by atoms with E-state index in [2.05, 4.69) is 14.9 Å². The van der Waals surface area contributed by atoms with Gasteiger partial charge in [-0.25, -0.2) is 4.63 Å². The Balaban J connectivity index is 1.83. The van der Waals surface area contributed by atoms with Gasteiger partial charge in [-0.3, -0.25) is 0 Å². The van der Waals surface area contributed by atoms with Crippen LogP contribution in [0.15, 0.2) is 28.9 Å². The third-order valence-electron chi connectivity index (χ3n) is 2.25. The standard InChI is InChI=1S/C11H13N3O3/c1-15-8-2-4-9(5-3-8)16-7-6-10-11(12)14-17-13-10/h2-5H,6-7H2,1H3,(H2,12,14). The number of anilines is 1. The van der Waals surface area contributed by atoms with Gasteiger partial charge in [-0.1, -0.05) is 5.16 Å². The summed E-state index contributed by atoms with van der Waals surface area (Å²) >= 11 is 0. The van der Waals surface area contributed by atoms with Gasteiger partial charge in [0.25, 0.3) is 0 Å². The number of hydrogen-bond acceptors (Lipinski definition) is 6. The highest BCUT2D eigenvalue weighted by atomic mass is 16.6. The number of aromatic nitrogens is 2. The van der Waals surface area contributed by atoms with Crippen molar-refractivity contribution in [2.75, 3.05) is 19.5 Å². The van der Waals surface area contributed by atoms with Crippen molar-refractivity contribution in [1.82, 2.24) is 10.3 Å². The van der Waals surface area contributed by atoms with E-state index in [-0.39, 0.29) is 0 Å². The van der Waals surface area contributed by atoms with Crippen LogP contribution in [-0.2, 0) is 6.42 Å². The number of nitrogen functional groups attached to an aromatic ring is 1. The van der Waals surface area contributed by atoms with Gasteiger partial charge in [0, 0.05) is 6.42 Å². The van der Waals surface area contributed by atoms with Crippen molar-refractivity contribution >= 4 is 5.82 Å². The lowest BCUT2D eigenvalue weighted by Crippen LogP contribution is -2.03. The van der Waals surface area contributed by atoms with E-state index in [1.54, 1.807) is 7.11 Å². The number of methoxy groups -OCH3 is 1. The molecule has 2 aromatic rings. The van der Waals surface area contributed by atoms with Crippen molar-refractivity contribution in [1.29, 1.82) is 0 Å². The summed E-state index contributed by atoms with van der Waals surface area (Å²) in [5.74, 6) is 1.87. The molecule has 0 saturated carbocycles. The summed E-state index contributed by atoms with van der Waals surface area (Å²) < 4.78 is 15.0. The van der Waals surface area contributed by atoms with Crippen molar-refractivity contribution < 1.29 is 14.1 Å². The molecule has 0 unspecified atom stereocenters. The van der Waals surface area contributed by atoms with Gasteiger partial charge in [-0.05, 0) is 29.4 Å². The highest BCUT2D eigenvalue weighted by molar-refractivity contribution is 5.32. The van der Waals surface area contributed by atoms with Gasteiger partial charge < -0.3 is 15.2 Å². The molecule has 0 fully saturated rings. The molecule has 2 N–H and O–H groups in total. The highest BCUT2D eigenvalue weighted by Crippen LogP contribution is 2.17. The summed E-state index contributed by atoms with van der Waals surface area (Å²) in [6, 6.07) is 7.34. The third-order valence-corrected chi connectivity index (χ3v) is 2.25. The van der Waals surface area contributed by atoms with E-state index in [0.717, 1.165) is 11.5 Å². The fraction of sp³-hybridized carbons (Fsp3) is 0.273. The Morgan fingerprint density at radius 2 is 1.88 bits per heavy atom. The molecule has 0 aliphatic rings. The largest absolute Gasteiger partial charge is 0.497 e. The monoisotopic (exact) mass is 235 g/mol. The van der Waals surface area contributed by atoms with Gasteiger partial charge in [0.15, 0.2) is 5.82 Å². The lowest BCUT2D eigenvalue weighted by molar-refractivity contribution is 0.293. The summed E-state index contributed by atoms with van der Waals surface area (Å²) in [5.41, 5.74) is 6.13. The summed E-state index contributed by atoms with van der Waals surface area (Å²) in [6.45, 7) is 0.463. The van der Waals surface area contributed by atoms with E-state index >= 15 is 0 Å². The molecule has 0 atom stereocenters. The molecule has 0 radical (unpaired) electrons. The van der Waals surface area contributed by atoms with E-state index in [1.807, 2.05) is 24.3 Å².